The number of benzene rings is 2. The number of hydrogen-bond donors (Lipinski definition) is 1. The Morgan fingerprint density at radius 3 is 2.22 bits per heavy atom. The van der Waals surface area contributed by atoms with Crippen LogP contribution in [-0.2, 0) is 9.59 Å². The highest BCUT2D eigenvalue weighted by atomic mass is 16.2. The Bertz CT molecular complexity index is 952. The molecule has 1 aliphatic heterocycles. The molecular formula is C22H18N2O3. The van der Waals surface area contributed by atoms with Crippen LogP contribution < -0.4 is 10.2 Å². The van der Waals surface area contributed by atoms with Gasteiger partial charge < -0.3 is 5.32 Å². The lowest BCUT2D eigenvalue weighted by Crippen LogP contribution is -2.32. The molecule has 3 amide bonds. The van der Waals surface area contributed by atoms with Crippen LogP contribution in [0.1, 0.15) is 16.8 Å². The molecule has 134 valence electrons. The molecule has 2 bridgehead atoms. The Morgan fingerprint density at radius 1 is 0.889 bits per heavy atom. The molecule has 5 rings (SSSR count). The minimum atomic E-state index is -0.231. The highest BCUT2D eigenvalue weighted by Gasteiger charge is 2.59. The lowest BCUT2D eigenvalue weighted by Gasteiger charge is -2.18. The Hall–Kier alpha value is -3.21. The number of amides is 3. The van der Waals surface area contributed by atoms with Gasteiger partial charge in [0.1, 0.15) is 0 Å². The molecule has 2 aliphatic carbocycles. The fraction of sp³-hybridized carbons (Fsp3) is 0.227. The van der Waals surface area contributed by atoms with Gasteiger partial charge in [0, 0.05) is 11.3 Å². The van der Waals surface area contributed by atoms with Gasteiger partial charge in [-0.2, -0.15) is 0 Å². The summed E-state index contributed by atoms with van der Waals surface area (Å²) in [5.41, 5.74) is 1.62. The number of carbonyl (C=O) groups is 3. The second-order valence-electron chi connectivity index (χ2n) is 7.38. The zero-order valence-corrected chi connectivity index (χ0v) is 14.5. The highest BCUT2D eigenvalue weighted by Crippen LogP contribution is 2.53. The van der Waals surface area contributed by atoms with Crippen LogP contribution in [0.3, 0.4) is 0 Å². The van der Waals surface area contributed by atoms with Gasteiger partial charge in [-0.05, 0) is 48.6 Å². The van der Waals surface area contributed by atoms with E-state index >= 15 is 0 Å². The molecule has 5 nitrogen and oxygen atoms in total. The summed E-state index contributed by atoms with van der Waals surface area (Å²) >= 11 is 0. The second kappa shape index (κ2) is 5.91. The average molecular weight is 358 g/mol. The number of anilines is 2. The van der Waals surface area contributed by atoms with Crippen molar-refractivity contribution in [2.24, 2.45) is 23.7 Å². The number of nitrogens with zero attached hydrogens (tertiary/aromatic N) is 1. The average Bonchev–Trinajstić information content (AvgIpc) is 3.36. The maximum Gasteiger partial charge on any atom is 0.255 e. The lowest BCUT2D eigenvalue weighted by atomic mass is 9.85. The third-order valence-electron chi connectivity index (χ3n) is 5.87. The van der Waals surface area contributed by atoms with Gasteiger partial charge >= 0.3 is 0 Å². The van der Waals surface area contributed by atoms with Gasteiger partial charge in [0.25, 0.3) is 5.91 Å². The van der Waals surface area contributed by atoms with Crippen LogP contribution in [-0.4, -0.2) is 17.7 Å². The van der Waals surface area contributed by atoms with E-state index in [0.717, 1.165) is 6.42 Å². The molecule has 0 aromatic heterocycles. The number of imide groups is 1. The molecule has 2 aromatic carbocycles. The summed E-state index contributed by atoms with van der Waals surface area (Å²) in [6, 6.07) is 15.8. The zero-order valence-electron chi connectivity index (χ0n) is 14.5. The maximum atomic E-state index is 12.9. The van der Waals surface area contributed by atoms with Crippen LogP contribution in [0.25, 0.3) is 0 Å². The topological polar surface area (TPSA) is 66.5 Å². The molecule has 1 N–H and O–H groups in total. The monoisotopic (exact) mass is 358 g/mol. The molecule has 0 spiro atoms. The third kappa shape index (κ3) is 2.42. The molecule has 1 heterocycles. The fourth-order valence-electron chi connectivity index (χ4n) is 4.67. The molecular weight excluding hydrogens is 340 g/mol. The van der Waals surface area contributed by atoms with E-state index in [1.807, 2.05) is 6.07 Å². The van der Waals surface area contributed by atoms with Crippen LogP contribution in [0.2, 0.25) is 0 Å². The molecule has 2 aromatic rings. The SMILES string of the molecule is O=C(Nc1cccc(N2C(=O)C3C4C=CC(C4)C3C2=O)c1)c1ccccc1. The van der Waals surface area contributed by atoms with Crippen LogP contribution in [0, 0.1) is 23.7 Å². The van der Waals surface area contributed by atoms with Crippen molar-refractivity contribution in [2.75, 3.05) is 10.2 Å². The van der Waals surface area contributed by atoms with E-state index in [9.17, 15) is 14.4 Å². The van der Waals surface area contributed by atoms with Crippen LogP contribution in [0.15, 0.2) is 66.7 Å². The Labute approximate surface area is 156 Å². The summed E-state index contributed by atoms with van der Waals surface area (Å²) in [5.74, 6) is -0.553. The first-order valence-electron chi connectivity index (χ1n) is 9.16. The van der Waals surface area contributed by atoms with Gasteiger partial charge in [-0.25, -0.2) is 4.90 Å². The number of rotatable bonds is 3. The summed E-state index contributed by atoms with van der Waals surface area (Å²) in [6.07, 6.45) is 5.07. The fourth-order valence-corrected chi connectivity index (χ4v) is 4.67. The largest absolute Gasteiger partial charge is 0.322 e. The standard InChI is InChI=1S/C22H18N2O3/c25-20(13-5-2-1-3-6-13)23-16-7-4-8-17(12-16)24-21(26)18-14-9-10-15(11-14)19(18)22(24)27/h1-10,12,14-15,18-19H,11H2,(H,23,25). The number of allylic oxidation sites excluding steroid dienone is 2. The Morgan fingerprint density at radius 2 is 1.56 bits per heavy atom. The van der Waals surface area contributed by atoms with Gasteiger partial charge in [-0.15, -0.1) is 0 Å². The minimum absolute atomic E-state index is 0.117. The van der Waals surface area contributed by atoms with E-state index < -0.39 is 0 Å². The van der Waals surface area contributed by atoms with Crippen LogP contribution >= 0.6 is 0 Å². The third-order valence-corrected chi connectivity index (χ3v) is 5.87. The number of fused-ring (bicyclic) bond motifs is 5. The van der Waals surface area contributed by atoms with Gasteiger partial charge in [0.2, 0.25) is 11.8 Å². The van der Waals surface area contributed by atoms with E-state index in [4.69, 9.17) is 0 Å². The van der Waals surface area contributed by atoms with Crippen molar-refractivity contribution in [3.63, 3.8) is 0 Å². The number of hydrogen-bond acceptors (Lipinski definition) is 3. The summed E-state index contributed by atoms with van der Waals surface area (Å²) in [6.45, 7) is 0. The van der Waals surface area contributed by atoms with Crippen molar-refractivity contribution in [2.45, 2.75) is 6.42 Å². The maximum absolute atomic E-state index is 12.9. The van der Waals surface area contributed by atoms with Gasteiger partial charge in [0.05, 0.1) is 17.5 Å². The Balaban J connectivity index is 1.41. The highest BCUT2D eigenvalue weighted by molar-refractivity contribution is 6.23. The first-order chi connectivity index (χ1) is 13.1. The van der Waals surface area contributed by atoms with E-state index in [0.29, 0.717) is 16.9 Å². The summed E-state index contributed by atoms with van der Waals surface area (Å²) in [5, 5.41) is 2.83. The van der Waals surface area contributed by atoms with Crippen molar-refractivity contribution >= 4 is 29.1 Å². The number of nitrogens with one attached hydrogen (secondary N) is 1. The van der Waals surface area contributed by atoms with E-state index in [-0.39, 0.29) is 41.4 Å². The van der Waals surface area contributed by atoms with Gasteiger partial charge in [-0.1, -0.05) is 36.4 Å². The minimum Gasteiger partial charge on any atom is -0.322 e. The second-order valence-corrected chi connectivity index (χ2v) is 7.38. The Kier molecular flexibility index (Phi) is 3.50. The van der Waals surface area contributed by atoms with Gasteiger partial charge in [0.15, 0.2) is 0 Å². The smallest absolute Gasteiger partial charge is 0.255 e. The van der Waals surface area contributed by atoms with Crippen LogP contribution in [0.4, 0.5) is 11.4 Å². The predicted molar refractivity (Wildman–Crippen MR) is 101 cm³/mol. The zero-order chi connectivity index (χ0) is 18.5. The molecule has 2 fully saturated rings. The molecule has 4 unspecified atom stereocenters. The van der Waals surface area contributed by atoms with E-state index in [1.54, 1.807) is 48.5 Å². The summed E-state index contributed by atoms with van der Waals surface area (Å²) in [4.78, 5) is 39.5. The molecule has 3 aliphatic rings. The summed E-state index contributed by atoms with van der Waals surface area (Å²) in [7, 11) is 0. The number of carbonyl (C=O) groups excluding carboxylic acids is 3. The van der Waals surface area contributed by atoms with E-state index in [1.165, 1.54) is 4.90 Å². The first-order valence-corrected chi connectivity index (χ1v) is 9.16. The van der Waals surface area contributed by atoms with Crippen molar-refractivity contribution in [1.82, 2.24) is 0 Å². The molecule has 4 atom stereocenters. The lowest BCUT2D eigenvalue weighted by molar-refractivity contribution is -0.123. The van der Waals surface area contributed by atoms with Crippen molar-refractivity contribution in [1.29, 1.82) is 0 Å². The normalized spacial score (nSPS) is 27.9. The van der Waals surface area contributed by atoms with Crippen molar-refractivity contribution in [3.05, 3.63) is 72.3 Å². The first kappa shape index (κ1) is 16.0. The molecule has 5 heteroatoms. The van der Waals surface area contributed by atoms with Crippen molar-refractivity contribution < 1.29 is 14.4 Å². The van der Waals surface area contributed by atoms with Crippen LogP contribution in [0.5, 0.6) is 0 Å². The molecule has 1 saturated heterocycles. The molecule has 27 heavy (non-hydrogen) atoms. The summed E-state index contributed by atoms with van der Waals surface area (Å²) < 4.78 is 0. The predicted octanol–water partition coefficient (Wildman–Crippen LogP) is 3.25. The molecule has 0 radical (unpaired) electrons. The van der Waals surface area contributed by atoms with Gasteiger partial charge in [-0.3, -0.25) is 14.4 Å². The molecule has 1 saturated carbocycles. The quantitative estimate of drug-likeness (QED) is 0.677. The van der Waals surface area contributed by atoms with E-state index in [2.05, 4.69) is 17.5 Å². The van der Waals surface area contributed by atoms with Crippen molar-refractivity contribution in [3.8, 4) is 0 Å².